The molecule has 134 valence electrons. The second kappa shape index (κ2) is 7.45. The molecule has 1 aliphatic rings. The number of ether oxygens (including phenoxy) is 1. The van der Waals surface area contributed by atoms with Gasteiger partial charge in [-0.15, -0.1) is 5.11 Å². The van der Waals surface area contributed by atoms with Gasteiger partial charge in [0.1, 0.15) is 0 Å². The molecule has 1 aliphatic heterocycles. The summed E-state index contributed by atoms with van der Waals surface area (Å²) in [4.78, 5) is 2.25. The van der Waals surface area contributed by atoms with Gasteiger partial charge in [-0.1, -0.05) is 29.8 Å². The minimum atomic E-state index is 0.121. The molecule has 7 heteroatoms. The van der Waals surface area contributed by atoms with Crippen molar-refractivity contribution in [2.45, 2.75) is 6.67 Å². The predicted molar refractivity (Wildman–Crippen MR) is 102 cm³/mol. The molecule has 1 N–H and O–H groups in total. The lowest BCUT2D eigenvalue weighted by Gasteiger charge is -2.27. The Morgan fingerprint density at radius 1 is 1.00 bits per heavy atom. The van der Waals surface area contributed by atoms with E-state index in [1.54, 1.807) is 24.3 Å². The van der Waals surface area contributed by atoms with E-state index in [-0.39, 0.29) is 5.88 Å². The predicted octanol–water partition coefficient (Wildman–Crippen LogP) is 4.71. The zero-order chi connectivity index (χ0) is 17.9. The van der Waals surface area contributed by atoms with Crippen molar-refractivity contribution in [1.82, 2.24) is 9.47 Å². The molecular formula is C19H19ClN4O2. The molecule has 1 fully saturated rings. The summed E-state index contributed by atoms with van der Waals surface area (Å²) < 4.78 is 7.27. The highest BCUT2D eigenvalue weighted by molar-refractivity contribution is 6.30. The molecule has 1 aromatic heterocycles. The van der Waals surface area contributed by atoms with Crippen LogP contribution >= 0.6 is 11.6 Å². The lowest BCUT2D eigenvalue weighted by atomic mass is 10.2. The highest BCUT2D eigenvalue weighted by Gasteiger charge is 2.19. The Morgan fingerprint density at radius 2 is 1.73 bits per heavy atom. The van der Waals surface area contributed by atoms with Gasteiger partial charge in [0, 0.05) is 23.5 Å². The van der Waals surface area contributed by atoms with Crippen molar-refractivity contribution in [3.05, 3.63) is 53.6 Å². The Balaban J connectivity index is 1.70. The van der Waals surface area contributed by atoms with E-state index in [9.17, 15) is 5.11 Å². The largest absolute Gasteiger partial charge is 0.493 e. The zero-order valence-electron chi connectivity index (χ0n) is 14.2. The Kier molecular flexibility index (Phi) is 4.88. The van der Waals surface area contributed by atoms with Gasteiger partial charge in [-0.2, -0.15) is 5.11 Å². The number of azo groups is 1. The third kappa shape index (κ3) is 3.44. The van der Waals surface area contributed by atoms with Crippen LogP contribution in [-0.2, 0) is 11.4 Å². The third-order valence-corrected chi connectivity index (χ3v) is 4.71. The fraction of sp³-hybridized carbons (Fsp3) is 0.263. The maximum absolute atomic E-state index is 10.8. The van der Waals surface area contributed by atoms with Gasteiger partial charge in [-0.05, 0) is 30.3 Å². The second-order valence-electron chi connectivity index (χ2n) is 6.17. The SMILES string of the molecule is Oc1c(N=Nc2ccc(Cl)cc2)c2ccccc2n1CN1CCOCC1. The number of morpholine rings is 1. The molecule has 0 spiro atoms. The van der Waals surface area contributed by atoms with Crippen LogP contribution in [-0.4, -0.2) is 40.9 Å². The van der Waals surface area contributed by atoms with Crippen LogP contribution < -0.4 is 0 Å². The van der Waals surface area contributed by atoms with Gasteiger partial charge >= 0.3 is 0 Å². The number of aromatic hydroxyl groups is 1. The highest BCUT2D eigenvalue weighted by atomic mass is 35.5. The summed E-state index contributed by atoms with van der Waals surface area (Å²) >= 11 is 5.90. The molecular weight excluding hydrogens is 352 g/mol. The van der Waals surface area contributed by atoms with Crippen LogP contribution in [0.1, 0.15) is 0 Å². The van der Waals surface area contributed by atoms with Gasteiger partial charge in [0.25, 0.3) is 0 Å². The third-order valence-electron chi connectivity index (χ3n) is 4.45. The van der Waals surface area contributed by atoms with Crippen molar-refractivity contribution in [3.8, 4) is 5.88 Å². The first-order chi connectivity index (χ1) is 12.7. The molecule has 0 bridgehead atoms. The summed E-state index contributed by atoms with van der Waals surface area (Å²) in [5.41, 5.74) is 2.09. The molecule has 2 heterocycles. The van der Waals surface area contributed by atoms with E-state index in [0.29, 0.717) is 36.3 Å². The van der Waals surface area contributed by atoms with Crippen molar-refractivity contribution >= 4 is 33.9 Å². The standard InChI is InChI=1S/C19H19ClN4O2/c20-14-5-7-15(8-6-14)21-22-18-16-3-1-2-4-17(16)24(19(18)25)13-23-9-11-26-12-10-23/h1-8,25H,9-13H2. The maximum Gasteiger partial charge on any atom is 0.221 e. The van der Waals surface area contributed by atoms with E-state index >= 15 is 0 Å². The molecule has 0 unspecified atom stereocenters. The molecule has 0 amide bonds. The second-order valence-corrected chi connectivity index (χ2v) is 6.60. The first-order valence-corrected chi connectivity index (χ1v) is 8.88. The first-order valence-electron chi connectivity index (χ1n) is 8.50. The molecule has 4 rings (SSSR count). The normalized spacial score (nSPS) is 15.9. The Bertz CT molecular complexity index is 931. The summed E-state index contributed by atoms with van der Waals surface area (Å²) in [7, 11) is 0. The minimum absolute atomic E-state index is 0.121. The van der Waals surface area contributed by atoms with Crippen LogP contribution in [0.3, 0.4) is 0 Å². The number of benzene rings is 2. The number of hydrogen-bond acceptors (Lipinski definition) is 5. The van der Waals surface area contributed by atoms with Crippen molar-refractivity contribution in [2.24, 2.45) is 10.2 Å². The molecule has 1 saturated heterocycles. The van der Waals surface area contributed by atoms with Crippen LogP contribution in [0, 0.1) is 0 Å². The van der Waals surface area contributed by atoms with Crippen LogP contribution in [0.15, 0.2) is 58.8 Å². The number of para-hydroxylation sites is 1. The van der Waals surface area contributed by atoms with E-state index in [1.807, 2.05) is 28.8 Å². The van der Waals surface area contributed by atoms with Gasteiger partial charge in [0.15, 0.2) is 5.69 Å². The van der Waals surface area contributed by atoms with E-state index < -0.39 is 0 Å². The highest BCUT2D eigenvalue weighted by Crippen LogP contribution is 2.39. The summed E-state index contributed by atoms with van der Waals surface area (Å²) in [5, 5.41) is 20.9. The number of nitrogens with zero attached hydrogens (tertiary/aromatic N) is 4. The van der Waals surface area contributed by atoms with E-state index in [1.165, 1.54) is 0 Å². The molecule has 26 heavy (non-hydrogen) atoms. The van der Waals surface area contributed by atoms with Gasteiger partial charge in [0.2, 0.25) is 5.88 Å². The maximum atomic E-state index is 10.8. The lowest BCUT2D eigenvalue weighted by molar-refractivity contribution is 0.0231. The summed E-state index contributed by atoms with van der Waals surface area (Å²) in [6.45, 7) is 3.69. The summed E-state index contributed by atoms with van der Waals surface area (Å²) in [6, 6.07) is 14.9. The monoisotopic (exact) mass is 370 g/mol. The topological polar surface area (TPSA) is 62.4 Å². The average molecular weight is 371 g/mol. The number of halogens is 1. The van der Waals surface area contributed by atoms with Crippen LogP contribution in [0.4, 0.5) is 11.4 Å². The molecule has 0 saturated carbocycles. The quantitative estimate of drug-likeness (QED) is 0.677. The van der Waals surface area contributed by atoms with Gasteiger partial charge in [-0.3, -0.25) is 9.47 Å². The van der Waals surface area contributed by atoms with E-state index in [0.717, 1.165) is 24.0 Å². The van der Waals surface area contributed by atoms with Gasteiger partial charge in [0.05, 0.1) is 31.1 Å². The average Bonchev–Trinajstić information content (AvgIpc) is 2.94. The minimum Gasteiger partial charge on any atom is -0.493 e. The Hall–Kier alpha value is -2.41. The van der Waals surface area contributed by atoms with Crippen molar-refractivity contribution < 1.29 is 9.84 Å². The molecule has 0 atom stereocenters. The summed E-state index contributed by atoms with van der Waals surface area (Å²) in [5.74, 6) is 0.121. The van der Waals surface area contributed by atoms with Crippen molar-refractivity contribution in [3.63, 3.8) is 0 Å². The molecule has 3 aromatic rings. The molecule has 2 aromatic carbocycles. The number of hydrogen-bond donors (Lipinski definition) is 1. The van der Waals surface area contributed by atoms with Crippen LogP contribution in [0.5, 0.6) is 5.88 Å². The van der Waals surface area contributed by atoms with E-state index in [2.05, 4.69) is 15.1 Å². The van der Waals surface area contributed by atoms with E-state index in [4.69, 9.17) is 16.3 Å². The van der Waals surface area contributed by atoms with Gasteiger partial charge < -0.3 is 9.84 Å². The van der Waals surface area contributed by atoms with Crippen LogP contribution in [0.2, 0.25) is 5.02 Å². The molecule has 0 radical (unpaired) electrons. The number of aromatic nitrogens is 1. The molecule has 0 aliphatic carbocycles. The smallest absolute Gasteiger partial charge is 0.221 e. The fourth-order valence-corrected chi connectivity index (χ4v) is 3.20. The van der Waals surface area contributed by atoms with Gasteiger partial charge in [-0.25, -0.2) is 0 Å². The lowest BCUT2D eigenvalue weighted by Crippen LogP contribution is -2.37. The number of rotatable bonds is 4. The molecule has 6 nitrogen and oxygen atoms in total. The Morgan fingerprint density at radius 3 is 2.50 bits per heavy atom. The summed E-state index contributed by atoms with van der Waals surface area (Å²) in [6.07, 6.45) is 0. The van der Waals surface area contributed by atoms with Crippen molar-refractivity contribution in [1.29, 1.82) is 0 Å². The zero-order valence-corrected chi connectivity index (χ0v) is 14.9. The van der Waals surface area contributed by atoms with Crippen molar-refractivity contribution in [2.75, 3.05) is 26.3 Å². The Labute approximate surface area is 156 Å². The fourth-order valence-electron chi connectivity index (χ4n) is 3.07. The first kappa shape index (κ1) is 17.0. The number of fused-ring (bicyclic) bond motifs is 1. The van der Waals surface area contributed by atoms with Crippen LogP contribution in [0.25, 0.3) is 10.9 Å².